The van der Waals surface area contributed by atoms with Crippen LogP contribution in [-0.2, 0) is 8.85 Å². The summed E-state index contributed by atoms with van der Waals surface area (Å²) in [6.07, 6.45) is 2.20. The molecular formula is C16H35IO2Si2. The molecule has 0 aliphatic heterocycles. The molecule has 0 saturated heterocycles. The Kier molecular flexibility index (Phi) is 7.89. The zero-order valence-electron chi connectivity index (χ0n) is 15.6. The molecule has 0 spiro atoms. The minimum absolute atomic E-state index is 0.0666. The lowest BCUT2D eigenvalue weighted by Gasteiger charge is -2.41. The quantitative estimate of drug-likeness (QED) is 0.353. The third-order valence-electron chi connectivity index (χ3n) is 4.95. The van der Waals surface area contributed by atoms with Crippen molar-refractivity contribution >= 4 is 39.2 Å². The SMILES string of the molecule is CC(C)(C)[Si](C)(C)OCC(C=CI)O[Si](C)(C)C(C)(C)C. The highest BCUT2D eigenvalue weighted by Crippen LogP contribution is 2.39. The first-order chi connectivity index (χ1) is 9.14. The lowest BCUT2D eigenvalue weighted by atomic mass is 10.2. The van der Waals surface area contributed by atoms with E-state index in [1.165, 1.54) is 0 Å². The molecule has 0 aromatic carbocycles. The van der Waals surface area contributed by atoms with Crippen LogP contribution in [0.5, 0.6) is 0 Å². The van der Waals surface area contributed by atoms with Crippen molar-refractivity contribution in [1.29, 1.82) is 0 Å². The second kappa shape index (κ2) is 7.60. The molecule has 126 valence electrons. The fourth-order valence-electron chi connectivity index (χ4n) is 1.27. The van der Waals surface area contributed by atoms with Crippen molar-refractivity contribution in [2.45, 2.75) is 83.9 Å². The zero-order chi connectivity index (χ0) is 17.1. The Morgan fingerprint density at radius 3 is 1.67 bits per heavy atom. The van der Waals surface area contributed by atoms with Crippen molar-refractivity contribution in [2.75, 3.05) is 6.61 Å². The molecule has 1 atom stereocenters. The first-order valence-electron chi connectivity index (χ1n) is 7.73. The van der Waals surface area contributed by atoms with Crippen molar-refractivity contribution < 1.29 is 8.85 Å². The Morgan fingerprint density at radius 1 is 0.905 bits per heavy atom. The van der Waals surface area contributed by atoms with Gasteiger partial charge in [0.1, 0.15) is 0 Å². The van der Waals surface area contributed by atoms with Crippen molar-refractivity contribution in [1.82, 2.24) is 0 Å². The van der Waals surface area contributed by atoms with Gasteiger partial charge in [-0.25, -0.2) is 0 Å². The van der Waals surface area contributed by atoms with Gasteiger partial charge in [-0.1, -0.05) is 64.1 Å². The van der Waals surface area contributed by atoms with Crippen LogP contribution in [0.3, 0.4) is 0 Å². The van der Waals surface area contributed by atoms with E-state index in [-0.39, 0.29) is 16.2 Å². The van der Waals surface area contributed by atoms with E-state index in [4.69, 9.17) is 8.85 Å². The van der Waals surface area contributed by atoms with Gasteiger partial charge in [0.2, 0.25) is 0 Å². The highest BCUT2D eigenvalue weighted by Gasteiger charge is 2.40. The molecule has 0 aliphatic rings. The van der Waals surface area contributed by atoms with E-state index in [2.05, 4.69) is 96.4 Å². The summed E-state index contributed by atoms with van der Waals surface area (Å²) in [5, 5.41) is 0.462. The Bertz CT molecular complexity index is 352. The summed E-state index contributed by atoms with van der Waals surface area (Å²) in [5.41, 5.74) is 0. The van der Waals surface area contributed by atoms with Crippen LogP contribution in [0.25, 0.3) is 0 Å². The maximum atomic E-state index is 6.50. The molecule has 21 heavy (non-hydrogen) atoms. The molecule has 0 radical (unpaired) electrons. The van der Waals surface area contributed by atoms with Gasteiger partial charge >= 0.3 is 0 Å². The van der Waals surface area contributed by atoms with Gasteiger partial charge in [-0.2, -0.15) is 0 Å². The molecule has 0 aromatic rings. The van der Waals surface area contributed by atoms with E-state index in [0.29, 0.717) is 6.61 Å². The van der Waals surface area contributed by atoms with Crippen LogP contribution in [0.4, 0.5) is 0 Å². The maximum absolute atomic E-state index is 6.50. The number of hydrogen-bond acceptors (Lipinski definition) is 2. The second-order valence-electron chi connectivity index (χ2n) is 8.81. The monoisotopic (exact) mass is 442 g/mol. The zero-order valence-corrected chi connectivity index (χ0v) is 19.8. The molecule has 0 saturated carbocycles. The summed E-state index contributed by atoms with van der Waals surface area (Å²) in [4.78, 5) is 0. The second-order valence-corrected chi connectivity index (χ2v) is 19.1. The minimum Gasteiger partial charge on any atom is -0.414 e. The molecule has 0 heterocycles. The highest BCUT2D eigenvalue weighted by atomic mass is 127. The Labute approximate surface area is 148 Å². The van der Waals surface area contributed by atoms with Crippen LogP contribution in [0, 0.1) is 0 Å². The molecule has 0 N–H and O–H groups in total. The minimum atomic E-state index is -1.77. The standard InChI is InChI=1S/C16H35IO2Si2/c1-15(2,3)20(7,8)18-13-14(11-12-17)19-21(9,10)16(4,5)6/h11-12,14H,13H2,1-10H3. The highest BCUT2D eigenvalue weighted by molar-refractivity contribution is 14.1. The van der Waals surface area contributed by atoms with Crippen LogP contribution in [0.15, 0.2) is 10.2 Å². The lowest BCUT2D eigenvalue weighted by molar-refractivity contribution is 0.141. The average molecular weight is 443 g/mol. The summed E-state index contributed by atoms with van der Waals surface area (Å²) in [5.74, 6) is 0. The molecule has 2 nitrogen and oxygen atoms in total. The summed E-state index contributed by atoms with van der Waals surface area (Å²) in [6.45, 7) is 23.5. The first kappa shape index (κ1) is 21.8. The number of rotatable bonds is 6. The van der Waals surface area contributed by atoms with E-state index < -0.39 is 16.6 Å². The molecule has 0 fully saturated rings. The van der Waals surface area contributed by atoms with E-state index >= 15 is 0 Å². The van der Waals surface area contributed by atoms with E-state index in [1.807, 2.05) is 4.08 Å². The van der Waals surface area contributed by atoms with Crippen molar-refractivity contribution in [2.24, 2.45) is 0 Å². The van der Waals surface area contributed by atoms with Gasteiger partial charge < -0.3 is 8.85 Å². The Balaban J connectivity index is 4.89. The van der Waals surface area contributed by atoms with Gasteiger partial charge in [-0.3, -0.25) is 0 Å². The molecule has 0 bridgehead atoms. The lowest BCUT2D eigenvalue weighted by Crippen LogP contribution is -2.47. The number of halogens is 1. The van der Waals surface area contributed by atoms with Gasteiger partial charge in [-0.05, 0) is 46.4 Å². The van der Waals surface area contributed by atoms with Crippen LogP contribution in [-0.4, -0.2) is 29.3 Å². The summed E-state index contributed by atoms with van der Waals surface area (Å²) < 4.78 is 14.9. The molecule has 5 heteroatoms. The first-order valence-corrected chi connectivity index (χ1v) is 14.8. The summed E-state index contributed by atoms with van der Waals surface area (Å²) >= 11 is 2.26. The Morgan fingerprint density at radius 2 is 1.33 bits per heavy atom. The smallest absolute Gasteiger partial charge is 0.192 e. The van der Waals surface area contributed by atoms with Gasteiger partial charge in [0.05, 0.1) is 12.7 Å². The van der Waals surface area contributed by atoms with E-state index in [0.717, 1.165) is 0 Å². The molecule has 0 amide bonds. The normalized spacial score (nSPS) is 16.5. The molecule has 0 aromatic heterocycles. The fraction of sp³-hybridized carbons (Fsp3) is 0.875. The van der Waals surface area contributed by atoms with Crippen molar-refractivity contribution in [3.8, 4) is 0 Å². The molecule has 0 rings (SSSR count). The molecule has 0 aliphatic carbocycles. The Hall–Kier alpha value is 0.824. The van der Waals surface area contributed by atoms with Crippen LogP contribution in [0.1, 0.15) is 41.5 Å². The third-order valence-corrected chi connectivity index (χ3v) is 14.4. The van der Waals surface area contributed by atoms with E-state index in [9.17, 15) is 0 Å². The summed E-state index contributed by atoms with van der Waals surface area (Å²) in [6, 6.07) is 0. The van der Waals surface area contributed by atoms with Crippen molar-refractivity contribution in [3.05, 3.63) is 10.2 Å². The predicted octanol–water partition coefficient (Wildman–Crippen LogP) is 6.35. The molecular weight excluding hydrogens is 407 g/mol. The maximum Gasteiger partial charge on any atom is 0.192 e. The average Bonchev–Trinajstić information content (AvgIpc) is 2.22. The molecule has 1 unspecified atom stereocenters. The van der Waals surface area contributed by atoms with Crippen LogP contribution < -0.4 is 0 Å². The summed E-state index contributed by atoms with van der Waals surface area (Å²) in [7, 11) is -3.49. The van der Waals surface area contributed by atoms with Gasteiger partial charge in [0, 0.05) is 0 Å². The van der Waals surface area contributed by atoms with Crippen LogP contribution in [0.2, 0.25) is 36.3 Å². The topological polar surface area (TPSA) is 18.5 Å². The predicted molar refractivity (Wildman–Crippen MR) is 108 cm³/mol. The number of hydrogen-bond donors (Lipinski definition) is 0. The third kappa shape index (κ3) is 6.85. The van der Waals surface area contributed by atoms with Gasteiger partial charge in [0.25, 0.3) is 0 Å². The van der Waals surface area contributed by atoms with Crippen molar-refractivity contribution in [3.63, 3.8) is 0 Å². The van der Waals surface area contributed by atoms with Gasteiger partial charge in [0.15, 0.2) is 16.6 Å². The van der Waals surface area contributed by atoms with E-state index in [1.54, 1.807) is 0 Å². The largest absolute Gasteiger partial charge is 0.414 e. The fourth-order valence-corrected chi connectivity index (χ4v) is 4.01. The van der Waals surface area contributed by atoms with Crippen LogP contribution >= 0.6 is 22.6 Å². The van der Waals surface area contributed by atoms with Gasteiger partial charge in [-0.15, -0.1) is 0 Å².